The van der Waals surface area contributed by atoms with Gasteiger partial charge in [0.1, 0.15) is 0 Å². The summed E-state index contributed by atoms with van der Waals surface area (Å²) in [6.45, 7) is 2.73. The molecule has 0 aromatic heterocycles. The summed E-state index contributed by atoms with van der Waals surface area (Å²) >= 11 is 0. The van der Waals surface area contributed by atoms with Crippen LogP contribution in [0.2, 0.25) is 0 Å². The fourth-order valence-electron chi connectivity index (χ4n) is 3.44. The largest absolute Gasteiger partial charge is 0.376 e. The number of aryl methyl sites for hydroxylation is 1. The first kappa shape index (κ1) is 25.5. The van der Waals surface area contributed by atoms with E-state index in [9.17, 15) is 14.4 Å². The molecule has 0 aliphatic rings. The van der Waals surface area contributed by atoms with E-state index >= 15 is 0 Å². The Bertz CT molecular complexity index is 1130. The topological polar surface area (TPSA) is 99.3 Å². The van der Waals surface area contributed by atoms with Crippen molar-refractivity contribution in [2.45, 2.75) is 32.6 Å². The fraction of sp³-hybridized carbons (Fsp3) is 0.250. The van der Waals surface area contributed by atoms with Gasteiger partial charge in [-0.15, -0.1) is 0 Å². The third kappa shape index (κ3) is 8.97. The highest BCUT2D eigenvalue weighted by atomic mass is 16.2. The fourth-order valence-corrected chi connectivity index (χ4v) is 3.44. The molecule has 0 spiro atoms. The molecule has 0 aliphatic carbocycles. The van der Waals surface area contributed by atoms with Crippen molar-refractivity contribution in [3.05, 3.63) is 90.0 Å². The molecule has 3 amide bonds. The average molecular weight is 473 g/mol. The Balaban J connectivity index is 1.46. The lowest BCUT2D eigenvalue weighted by molar-refractivity contribution is -0.116. The Hall–Kier alpha value is -4.13. The Morgan fingerprint density at radius 3 is 2.20 bits per heavy atom. The minimum absolute atomic E-state index is 0.0400. The van der Waals surface area contributed by atoms with Crippen molar-refractivity contribution < 1.29 is 14.4 Å². The smallest absolute Gasteiger partial charge is 0.251 e. The van der Waals surface area contributed by atoms with Gasteiger partial charge in [-0.2, -0.15) is 0 Å². The maximum atomic E-state index is 12.4. The number of anilines is 3. The molecule has 0 fully saturated rings. The van der Waals surface area contributed by atoms with Gasteiger partial charge in [-0.25, -0.2) is 0 Å². The highest BCUT2D eigenvalue weighted by molar-refractivity contribution is 5.98. The zero-order chi connectivity index (χ0) is 24.9. The number of amides is 3. The third-order valence-electron chi connectivity index (χ3n) is 5.31. The van der Waals surface area contributed by atoms with Gasteiger partial charge >= 0.3 is 0 Å². The van der Waals surface area contributed by atoms with Crippen molar-refractivity contribution in [3.8, 4) is 0 Å². The van der Waals surface area contributed by atoms with Gasteiger partial charge in [0.15, 0.2) is 0 Å². The van der Waals surface area contributed by atoms with Crippen LogP contribution in [0.5, 0.6) is 0 Å². The molecule has 182 valence electrons. The Labute approximate surface area is 206 Å². The molecule has 0 unspecified atom stereocenters. The summed E-state index contributed by atoms with van der Waals surface area (Å²) in [5, 5.41) is 11.6. The Kier molecular flexibility index (Phi) is 9.87. The molecule has 3 rings (SSSR count). The highest BCUT2D eigenvalue weighted by Gasteiger charge is 2.08. The summed E-state index contributed by atoms with van der Waals surface area (Å²) in [5.74, 6) is -0.469. The van der Waals surface area contributed by atoms with E-state index in [1.807, 2.05) is 48.5 Å². The summed E-state index contributed by atoms with van der Waals surface area (Å²) in [6.07, 6.45) is 2.99. The van der Waals surface area contributed by atoms with Gasteiger partial charge in [0.2, 0.25) is 11.8 Å². The number of carbonyl (C=O) groups excluding carboxylic acids is 3. The zero-order valence-electron chi connectivity index (χ0n) is 20.0. The molecule has 3 aromatic rings. The van der Waals surface area contributed by atoms with Crippen LogP contribution in [-0.2, 0) is 16.0 Å². The van der Waals surface area contributed by atoms with Crippen LogP contribution in [0.25, 0.3) is 0 Å². The van der Waals surface area contributed by atoms with Crippen molar-refractivity contribution in [2.75, 3.05) is 29.0 Å². The molecular formula is C28H32N4O3. The Morgan fingerprint density at radius 1 is 0.743 bits per heavy atom. The lowest BCUT2D eigenvalue weighted by Gasteiger charge is -2.11. The van der Waals surface area contributed by atoms with Crippen LogP contribution >= 0.6 is 0 Å². The molecule has 3 aromatic carbocycles. The molecular weight excluding hydrogens is 440 g/mol. The van der Waals surface area contributed by atoms with E-state index in [2.05, 4.69) is 28.2 Å². The average Bonchev–Trinajstić information content (AvgIpc) is 2.87. The van der Waals surface area contributed by atoms with Crippen molar-refractivity contribution in [2.24, 2.45) is 0 Å². The van der Waals surface area contributed by atoms with Gasteiger partial charge in [-0.1, -0.05) is 55.8 Å². The van der Waals surface area contributed by atoms with E-state index in [-0.39, 0.29) is 24.3 Å². The maximum absolute atomic E-state index is 12.4. The SMILES string of the molecule is CCCCNC(=O)c1cccc(NC(=O)CNc2cccc(NC(=O)CCc3ccccc3)c2)c1. The predicted molar refractivity (Wildman–Crippen MR) is 141 cm³/mol. The number of carbonyl (C=O) groups is 3. The number of unbranched alkanes of at least 4 members (excludes halogenated alkanes) is 1. The first-order chi connectivity index (χ1) is 17.0. The number of hydrogen-bond acceptors (Lipinski definition) is 4. The maximum Gasteiger partial charge on any atom is 0.251 e. The standard InChI is InChI=1S/C28H32N4O3/c1-2-3-17-29-28(35)22-11-7-13-24(18-22)32-27(34)20-30-23-12-8-14-25(19-23)31-26(33)16-15-21-9-5-4-6-10-21/h4-14,18-19,30H,2-3,15-17,20H2,1H3,(H,29,35)(H,31,33)(H,32,34). The summed E-state index contributed by atoms with van der Waals surface area (Å²) in [6, 6.07) is 24.0. The van der Waals surface area contributed by atoms with Crippen molar-refractivity contribution in [3.63, 3.8) is 0 Å². The molecule has 0 heterocycles. The molecule has 0 saturated heterocycles. The van der Waals surface area contributed by atoms with E-state index in [4.69, 9.17) is 0 Å². The van der Waals surface area contributed by atoms with Crippen LogP contribution in [-0.4, -0.2) is 30.8 Å². The van der Waals surface area contributed by atoms with E-state index in [1.54, 1.807) is 30.3 Å². The summed E-state index contributed by atoms with van der Waals surface area (Å²) < 4.78 is 0. The van der Waals surface area contributed by atoms with Gasteiger partial charge in [0.05, 0.1) is 6.54 Å². The summed E-state index contributed by atoms with van der Waals surface area (Å²) in [7, 11) is 0. The molecule has 0 atom stereocenters. The van der Waals surface area contributed by atoms with E-state index in [1.165, 1.54) is 0 Å². The monoisotopic (exact) mass is 472 g/mol. The van der Waals surface area contributed by atoms with Gasteiger partial charge in [-0.05, 0) is 54.8 Å². The van der Waals surface area contributed by atoms with Gasteiger partial charge in [-0.3, -0.25) is 14.4 Å². The highest BCUT2D eigenvalue weighted by Crippen LogP contribution is 2.16. The van der Waals surface area contributed by atoms with Crippen LogP contribution in [0.4, 0.5) is 17.1 Å². The second-order valence-corrected chi connectivity index (χ2v) is 8.21. The first-order valence-corrected chi connectivity index (χ1v) is 11.9. The van der Waals surface area contributed by atoms with E-state index in [0.29, 0.717) is 42.0 Å². The summed E-state index contributed by atoms with van der Waals surface area (Å²) in [5.41, 5.74) is 3.55. The molecule has 7 heteroatoms. The molecule has 0 saturated carbocycles. The van der Waals surface area contributed by atoms with Gasteiger partial charge in [0, 0.05) is 35.6 Å². The molecule has 0 aliphatic heterocycles. The van der Waals surface area contributed by atoms with Crippen LogP contribution in [0.3, 0.4) is 0 Å². The minimum atomic E-state index is -0.245. The van der Waals surface area contributed by atoms with Gasteiger partial charge < -0.3 is 21.3 Å². The molecule has 4 N–H and O–H groups in total. The summed E-state index contributed by atoms with van der Waals surface area (Å²) in [4.78, 5) is 36.9. The second-order valence-electron chi connectivity index (χ2n) is 8.21. The van der Waals surface area contributed by atoms with E-state index < -0.39 is 0 Å². The number of benzene rings is 3. The second kappa shape index (κ2) is 13.5. The number of hydrogen-bond donors (Lipinski definition) is 4. The van der Waals surface area contributed by atoms with Crippen molar-refractivity contribution >= 4 is 34.8 Å². The molecule has 0 bridgehead atoms. The van der Waals surface area contributed by atoms with Gasteiger partial charge in [0.25, 0.3) is 5.91 Å². The molecule has 0 radical (unpaired) electrons. The first-order valence-electron chi connectivity index (χ1n) is 11.9. The van der Waals surface area contributed by atoms with Crippen LogP contribution < -0.4 is 21.3 Å². The lowest BCUT2D eigenvalue weighted by atomic mass is 10.1. The quantitative estimate of drug-likeness (QED) is 0.284. The minimum Gasteiger partial charge on any atom is -0.376 e. The normalized spacial score (nSPS) is 10.3. The Morgan fingerprint density at radius 2 is 1.43 bits per heavy atom. The zero-order valence-corrected chi connectivity index (χ0v) is 20.0. The van der Waals surface area contributed by atoms with Crippen LogP contribution in [0, 0.1) is 0 Å². The molecule has 35 heavy (non-hydrogen) atoms. The van der Waals surface area contributed by atoms with Crippen LogP contribution in [0.1, 0.15) is 42.1 Å². The lowest BCUT2D eigenvalue weighted by Crippen LogP contribution is -2.25. The third-order valence-corrected chi connectivity index (χ3v) is 5.31. The molecule has 7 nitrogen and oxygen atoms in total. The number of nitrogens with one attached hydrogen (secondary N) is 4. The van der Waals surface area contributed by atoms with E-state index in [0.717, 1.165) is 18.4 Å². The predicted octanol–water partition coefficient (Wildman–Crippen LogP) is 4.84. The van der Waals surface area contributed by atoms with Crippen molar-refractivity contribution in [1.82, 2.24) is 5.32 Å². The van der Waals surface area contributed by atoms with Crippen molar-refractivity contribution in [1.29, 1.82) is 0 Å². The van der Waals surface area contributed by atoms with Crippen LogP contribution in [0.15, 0.2) is 78.9 Å². The number of rotatable bonds is 12.